The molecule has 0 fully saturated rings. The van der Waals surface area contributed by atoms with Gasteiger partial charge in [0.05, 0.1) is 16.1 Å². The molecule has 134 valence electrons. The van der Waals surface area contributed by atoms with Crippen LogP contribution in [0.5, 0.6) is 0 Å². The summed E-state index contributed by atoms with van der Waals surface area (Å²) in [6.45, 7) is 2.09. The van der Waals surface area contributed by atoms with Crippen molar-refractivity contribution in [1.82, 2.24) is 14.6 Å². The highest BCUT2D eigenvalue weighted by Gasteiger charge is 2.14. The second-order valence-electron chi connectivity index (χ2n) is 6.40. The van der Waals surface area contributed by atoms with E-state index in [-0.39, 0.29) is 5.56 Å². The third-order valence-corrected chi connectivity index (χ3v) is 5.56. The second-order valence-corrected chi connectivity index (χ2v) is 7.31. The number of nitrogens with zero attached hydrogens (tertiary/aromatic N) is 3. The van der Waals surface area contributed by atoms with Crippen molar-refractivity contribution in [2.75, 3.05) is 0 Å². The van der Waals surface area contributed by atoms with Gasteiger partial charge in [-0.05, 0) is 29.0 Å². The Morgan fingerprint density at radius 2 is 2.04 bits per heavy atom. The molecule has 3 heterocycles. The van der Waals surface area contributed by atoms with E-state index < -0.39 is 0 Å². The minimum atomic E-state index is -0.0393. The minimum Gasteiger partial charge on any atom is -0.297 e. The van der Waals surface area contributed by atoms with Crippen LogP contribution in [0.4, 0.5) is 0 Å². The van der Waals surface area contributed by atoms with E-state index in [1.165, 1.54) is 4.52 Å². The summed E-state index contributed by atoms with van der Waals surface area (Å²) in [5.41, 5.74) is 4.99. The van der Waals surface area contributed by atoms with E-state index in [1.807, 2.05) is 41.8 Å². The van der Waals surface area contributed by atoms with Crippen LogP contribution in [0.15, 0.2) is 52.8 Å². The van der Waals surface area contributed by atoms with Crippen LogP contribution < -0.4 is 5.56 Å². The zero-order valence-corrected chi connectivity index (χ0v) is 15.7. The van der Waals surface area contributed by atoms with Crippen molar-refractivity contribution in [1.29, 1.82) is 5.26 Å². The molecule has 27 heavy (non-hydrogen) atoms. The van der Waals surface area contributed by atoms with Crippen LogP contribution in [0.1, 0.15) is 35.7 Å². The van der Waals surface area contributed by atoms with Gasteiger partial charge in [0.2, 0.25) is 0 Å². The van der Waals surface area contributed by atoms with Crippen LogP contribution in [0.2, 0.25) is 0 Å². The molecule has 1 aromatic carbocycles. The molecule has 5 nitrogen and oxygen atoms in total. The van der Waals surface area contributed by atoms with E-state index in [9.17, 15) is 10.1 Å². The Morgan fingerprint density at radius 1 is 1.22 bits per heavy atom. The zero-order chi connectivity index (χ0) is 18.8. The highest BCUT2D eigenvalue weighted by atomic mass is 32.1. The Balaban J connectivity index is 1.70. The number of aromatic amines is 1. The predicted octanol–water partition coefficient (Wildman–Crippen LogP) is 4.17. The summed E-state index contributed by atoms with van der Waals surface area (Å²) in [6, 6.07) is 13.9. The molecule has 0 amide bonds. The van der Waals surface area contributed by atoms with Gasteiger partial charge in [0, 0.05) is 24.2 Å². The lowest BCUT2D eigenvalue weighted by atomic mass is 10.0. The Labute approximate surface area is 160 Å². The van der Waals surface area contributed by atoms with Crippen molar-refractivity contribution in [3.05, 3.63) is 80.7 Å². The molecule has 0 radical (unpaired) electrons. The molecule has 6 heteroatoms. The summed E-state index contributed by atoms with van der Waals surface area (Å²) in [4.78, 5) is 18.5. The van der Waals surface area contributed by atoms with Gasteiger partial charge in [0.1, 0.15) is 6.07 Å². The van der Waals surface area contributed by atoms with Gasteiger partial charge in [0.25, 0.3) is 5.56 Å². The quantitative estimate of drug-likeness (QED) is 0.570. The standard InChI is InChI=1S/C21H18N4OS/c1-2-3-18-17(21(26)25-19(24-18)8-10-23-25)12-14-4-6-15(7-5-14)20-16(13-22)9-11-27-20/h4-11,23H,2-3,12H2,1H3. The van der Waals surface area contributed by atoms with Crippen LogP contribution in [0.25, 0.3) is 16.1 Å². The number of hydrogen-bond donors (Lipinski definition) is 1. The number of hydrogen-bond acceptors (Lipinski definition) is 4. The molecule has 0 saturated carbocycles. The maximum Gasteiger partial charge on any atom is 0.276 e. The van der Waals surface area contributed by atoms with Crippen LogP contribution in [-0.2, 0) is 12.8 Å². The topological polar surface area (TPSA) is 74.0 Å². The van der Waals surface area contributed by atoms with Gasteiger partial charge in [-0.25, -0.2) is 9.50 Å². The first-order chi connectivity index (χ1) is 13.2. The molecule has 0 saturated heterocycles. The smallest absolute Gasteiger partial charge is 0.276 e. The third-order valence-electron chi connectivity index (χ3n) is 4.59. The molecule has 1 N–H and O–H groups in total. The average Bonchev–Trinajstić information content (AvgIpc) is 3.34. The van der Waals surface area contributed by atoms with Gasteiger partial charge in [-0.15, -0.1) is 11.3 Å². The van der Waals surface area contributed by atoms with E-state index in [4.69, 9.17) is 0 Å². The number of nitrogens with one attached hydrogen (secondary N) is 1. The SMILES string of the molecule is CCCc1nc2cc[nH]n2c(=O)c1Cc1ccc(-c2sccc2C#N)cc1. The fourth-order valence-corrected chi connectivity index (χ4v) is 4.11. The Morgan fingerprint density at radius 3 is 2.78 bits per heavy atom. The number of rotatable bonds is 5. The van der Waals surface area contributed by atoms with Gasteiger partial charge in [-0.3, -0.25) is 9.89 Å². The predicted molar refractivity (Wildman–Crippen MR) is 107 cm³/mol. The molecule has 0 atom stereocenters. The van der Waals surface area contributed by atoms with E-state index in [0.29, 0.717) is 17.6 Å². The van der Waals surface area contributed by atoms with E-state index in [2.05, 4.69) is 23.1 Å². The van der Waals surface area contributed by atoms with Gasteiger partial charge >= 0.3 is 0 Å². The first-order valence-corrected chi connectivity index (χ1v) is 9.74. The fraction of sp³-hybridized carbons (Fsp3) is 0.190. The monoisotopic (exact) mass is 374 g/mol. The number of benzene rings is 1. The number of fused-ring (bicyclic) bond motifs is 1. The molecule has 0 aliphatic carbocycles. The Bertz CT molecular complexity index is 1190. The molecular formula is C21H18N4OS. The van der Waals surface area contributed by atoms with Crippen molar-refractivity contribution < 1.29 is 0 Å². The van der Waals surface area contributed by atoms with Gasteiger partial charge < -0.3 is 0 Å². The maximum atomic E-state index is 12.9. The lowest BCUT2D eigenvalue weighted by Gasteiger charge is -2.09. The van der Waals surface area contributed by atoms with Crippen molar-refractivity contribution in [2.45, 2.75) is 26.2 Å². The van der Waals surface area contributed by atoms with Crippen molar-refractivity contribution >= 4 is 17.0 Å². The highest BCUT2D eigenvalue weighted by molar-refractivity contribution is 7.13. The first kappa shape index (κ1) is 17.3. The van der Waals surface area contributed by atoms with E-state index in [1.54, 1.807) is 17.5 Å². The summed E-state index contributed by atoms with van der Waals surface area (Å²) < 4.78 is 1.49. The molecule has 3 aromatic heterocycles. The van der Waals surface area contributed by atoms with Gasteiger partial charge in [-0.2, -0.15) is 5.26 Å². The third kappa shape index (κ3) is 3.18. The first-order valence-electron chi connectivity index (χ1n) is 8.86. The van der Waals surface area contributed by atoms with Crippen molar-refractivity contribution in [3.63, 3.8) is 0 Å². The number of nitriles is 1. The Hall–Kier alpha value is -3.17. The molecular weight excluding hydrogens is 356 g/mol. The van der Waals surface area contributed by atoms with Crippen molar-refractivity contribution in [2.24, 2.45) is 0 Å². The lowest BCUT2D eigenvalue weighted by molar-refractivity contribution is 0.809. The summed E-state index contributed by atoms with van der Waals surface area (Å²) in [5, 5.41) is 14.1. The molecule has 0 unspecified atom stereocenters. The number of H-pyrrole nitrogens is 1. The lowest BCUT2D eigenvalue weighted by Crippen LogP contribution is -2.23. The number of thiophene rings is 1. The minimum absolute atomic E-state index is 0.0393. The van der Waals surface area contributed by atoms with E-state index >= 15 is 0 Å². The molecule has 4 aromatic rings. The van der Waals surface area contributed by atoms with Crippen LogP contribution in [0, 0.1) is 11.3 Å². The highest BCUT2D eigenvalue weighted by Crippen LogP contribution is 2.29. The maximum absolute atomic E-state index is 12.9. The van der Waals surface area contributed by atoms with E-state index in [0.717, 1.165) is 40.1 Å². The Kier molecular flexibility index (Phi) is 4.61. The summed E-state index contributed by atoms with van der Waals surface area (Å²) >= 11 is 1.56. The molecule has 0 aliphatic rings. The summed E-state index contributed by atoms with van der Waals surface area (Å²) in [5.74, 6) is 0. The molecule has 0 spiro atoms. The molecule has 4 rings (SSSR count). The number of aromatic nitrogens is 3. The summed E-state index contributed by atoms with van der Waals surface area (Å²) in [6.07, 6.45) is 3.99. The molecule has 0 aliphatic heterocycles. The zero-order valence-electron chi connectivity index (χ0n) is 14.9. The molecule has 0 bridgehead atoms. The largest absolute Gasteiger partial charge is 0.297 e. The van der Waals surface area contributed by atoms with Gasteiger partial charge in [0.15, 0.2) is 5.65 Å². The van der Waals surface area contributed by atoms with Crippen LogP contribution in [0.3, 0.4) is 0 Å². The normalized spacial score (nSPS) is 11.0. The van der Waals surface area contributed by atoms with Gasteiger partial charge in [-0.1, -0.05) is 37.6 Å². The summed E-state index contributed by atoms with van der Waals surface area (Å²) in [7, 11) is 0. The fourth-order valence-electron chi connectivity index (χ4n) is 3.26. The van der Waals surface area contributed by atoms with Crippen LogP contribution >= 0.6 is 11.3 Å². The number of aryl methyl sites for hydroxylation is 1. The average molecular weight is 374 g/mol. The van der Waals surface area contributed by atoms with Crippen LogP contribution in [-0.4, -0.2) is 14.6 Å². The second kappa shape index (κ2) is 7.22. The van der Waals surface area contributed by atoms with Crippen molar-refractivity contribution in [3.8, 4) is 16.5 Å².